The Bertz CT molecular complexity index is 886. The zero-order valence-electron chi connectivity index (χ0n) is 18.0. The molecule has 6 nitrogen and oxygen atoms in total. The molecule has 3 N–H and O–H groups in total. The van der Waals surface area contributed by atoms with Crippen LogP contribution in [0.15, 0.2) is 53.5 Å². The number of halogens is 2. The third-order valence-corrected chi connectivity index (χ3v) is 5.24. The zero-order valence-corrected chi connectivity index (χ0v) is 20.4. The van der Waals surface area contributed by atoms with Crippen LogP contribution in [0.5, 0.6) is 0 Å². The number of hydrogen-bond donors (Lipinski definition) is 3. The monoisotopic (exact) mass is 539 g/mol. The van der Waals surface area contributed by atoms with Gasteiger partial charge in [0.1, 0.15) is 5.82 Å². The fourth-order valence-corrected chi connectivity index (χ4v) is 3.55. The minimum atomic E-state index is -0.523. The number of carbonyl (C=O) groups is 1. The summed E-state index contributed by atoms with van der Waals surface area (Å²) in [4.78, 5) is 18.7. The van der Waals surface area contributed by atoms with E-state index in [0.29, 0.717) is 19.0 Å². The molecule has 2 aromatic rings. The van der Waals surface area contributed by atoms with Crippen LogP contribution < -0.4 is 20.9 Å². The molecule has 3 rings (SSSR count). The van der Waals surface area contributed by atoms with Crippen molar-refractivity contribution in [2.75, 3.05) is 38.1 Å². The van der Waals surface area contributed by atoms with Crippen molar-refractivity contribution in [1.82, 2.24) is 16.0 Å². The van der Waals surface area contributed by atoms with Crippen LogP contribution in [0.3, 0.4) is 0 Å². The average molecular weight is 539 g/mol. The summed E-state index contributed by atoms with van der Waals surface area (Å²) in [5.74, 6) is -0.301. The summed E-state index contributed by atoms with van der Waals surface area (Å²) in [6.45, 7) is 5.16. The van der Waals surface area contributed by atoms with Crippen molar-refractivity contribution >= 4 is 41.5 Å². The molecule has 2 aromatic carbocycles. The van der Waals surface area contributed by atoms with E-state index in [4.69, 9.17) is 0 Å². The van der Waals surface area contributed by atoms with Gasteiger partial charge in [-0.2, -0.15) is 0 Å². The second kappa shape index (κ2) is 12.5. The second-order valence-electron chi connectivity index (χ2n) is 7.39. The lowest BCUT2D eigenvalue weighted by molar-refractivity contribution is 0.0950. The molecule has 0 saturated carbocycles. The van der Waals surface area contributed by atoms with Crippen molar-refractivity contribution in [2.24, 2.45) is 4.99 Å². The van der Waals surface area contributed by atoms with Gasteiger partial charge in [-0.3, -0.25) is 9.79 Å². The SMILES string of the molecule is CN=C(NCCNC(=O)c1ccccc1F)NC(C)c1cccc(N2CCCC2)c1.I. The van der Waals surface area contributed by atoms with Gasteiger partial charge in [0.15, 0.2) is 5.96 Å². The van der Waals surface area contributed by atoms with Gasteiger partial charge in [0.25, 0.3) is 5.91 Å². The van der Waals surface area contributed by atoms with Crippen LogP contribution in [0, 0.1) is 5.82 Å². The predicted octanol–water partition coefficient (Wildman–Crippen LogP) is 3.70. The van der Waals surface area contributed by atoms with Crippen molar-refractivity contribution in [3.05, 3.63) is 65.5 Å². The molecule has 168 valence electrons. The zero-order chi connectivity index (χ0) is 21.3. The fourth-order valence-electron chi connectivity index (χ4n) is 3.55. The van der Waals surface area contributed by atoms with Gasteiger partial charge in [0, 0.05) is 38.9 Å². The van der Waals surface area contributed by atoms with Crippen molar-refractivity contribution < 1.29 is 9.18 Å². The molecule has 1 aliphatic heterocycles. The normalized spacial score (nSPS) is 14.5. The Labute approximate surface area is 200 Å². The molecule has 31 heavy (non-hydrogen) atoms. The summed E-state index contributed by atoms with van der Waals surface area (Å²) in [7, 11) is 1.71. The van der Waals surface area contributed by atoms with Gasteiger partial charge >= 0.3 is 0 Å². The van der Waals surface area contributed by atoms with E-state index in [2.05, 4.69) is 57.0 Å². The molecule has 1 fully saturated rings. The van der Waals surface area contributed by atoms with Crippen LogP contribution in [-0.2, 0) is 0 Å². The Morgan fingerprint density at radius 2 is 1.81 bits per heavy atom. The van der Waals surface area contributed by atoms with Gasteiger partial charge < -0.3 is 20.9 Å². The summed E-state index contributed by atoms with van der Waals surface area (Å²) in [5.41, 5.74) is 2.50. The molecule has 1 amide bonds. The first-order valence-electron chi connectivity index (χ1n) is 10.4. The summed E-state index contributed by atoms with van der Waals surface area (Å²) >= 11 is 0. The standard InChI is InChI=1S/C23H30FN5O.HI/c1-17(18-8-7-9-19(16-18)29-14-5-6-15-29)28-23(25-2)27-13-12-26-22(30)20-10-3-4-11-21(20)24;/h3-4,7-11,16-17H,5-6,12-15H2,1-2H3,(H,26,30)(H2,25,27,28);1H. The highest BCUT2D eigenvalue weighted by atomic mass is 127. The number of guanidine groups is 1. The molecular formula is C23H31FIN5O. The summed E-state index contributed by atoms with van der Waals surface area (Å²) in [5, 5.41) is 9.27. The average Bonchev–Trinajstić information content (AvgIpc) is 3.31. The van der Waals surface area contributed by atoms with Crippen LogP contribution in [0.4, 0.5) is 10.1 Å². The molecule has 0 spiro atoms. The van der Waals surface area contributed by atoms with E-state index in [-0.39, 0.29) is 35.6 Å². The first-order valence-corrected chi connectivity index (χ1v) is 10.4. The van der Waals surface area contributed by atoms with Crippen LogP contribution in [-0.4, -0.2) is 45.1 Å². The predicted molar refractivity (Wildman–Crippen MR) is 135 cm³/mol. The Morgan fingerprint density at radius 3 is 2.52 bits per heavy atom. The van der Waals surface area contributed by atoms with Crippen molar-refractivity contribution in [2.45, 2.75) is 25.8 Å². The fraction of sp³-hybridized carbons (Fsp3) is 0.391. The van der Waals surface area contributed by atoms with E-state index in [1.165, 1.54) is 36.2 Å². The van der Waals surface area contributed by atoms with Gasteiger partial charge in [0.05, 0.1) is 11.6 Å². The third kappa shape index (κ3) is 7.09. The maximum absolute atomic E-state index is 13.7. The van der Waals surface area contributed by atoms with Crippen molar-refractivity contribution in [3.63, 3.8) is 0 Å². The number of anilines is 1. The van der Waals surface area contributed by atoms with E-state index < -0.39 is 11.7 Å². The number of nitrogens with one attached hydrogen (secondary N) is 3. The number of rotatable bonds is 7. The van der Waals surface area contributed by atoms with Gasteiger partial charge in [-0.1, -0.05) is 24.3 Å². The number of amides is 1. The Hall–Kier alpha value is -2.36. The van der Waals surface area contributed by atoms with E-state index in [1.807, 2.05) is 0 Å². The molecule has 1 unspecified atom stereocenters. The lowest BCUT2D eigenvalue weighted by atomic mass is 10.1. The maximum Gasteiger partial charge on any atom is 0.254 e. The largest absolute Gasteiger partial charge is 0.372 e. The molecule has 1 saturated heterocycles. The van der Waals surface area contributed by atoms with E-state index >= 15 is 0 Å². The number of aliphatic imine (C=N–C) groups is 1. The highest BCUT2D eigenvalue weighted by molar-refractivity contribution is 14.0. The molecule has 0 aromatic heterocycles. The molecule has 0 radical (unpaired) electrons. The van der Waals surface area contributed by atoms with Crippen molar-refractivity contribution in [1.29, 1.82) is 0 Å². The molecule has 0 bridgehead atoms. The second-order valence-corrected chi connectivity index (χ2v) is 7.39. The highest BCUT2D eigenvalue weighted by Gasteiger charge is 2.15. The summed E-state index contributed by atoms with van der Waals surface area (Å²) in [6, 6.07) is 14.6. The maximum atomic E-state index is 13.7. The number of benzene rings is 2. The molecule has 1 heterocycles. The number of hydrogen-bond acceptors (Lipinski definition) is 3. The van der Waals surface area contributed by atoms with Crippen LogP contribution >= 0.6 is 24.0 Å². The number of carbonyl (C=O) groups excluding carboxylic acids is 1. The van der Waals surface area contributed by atoms with Crippen LogP contribution in [0.2, 0.25) is 0 Å². The Morgan fingerprint density at radius 1 is 1.10 bits per heavy atom. The Kier molecular flexibility index (Phi) is 10.0. The lowest BCUT2D eigenvalue weighted by Gasteiger charge is -2.22. The third-order valence-electron chi connectivity index (χ3n) is 5.24. The molecule has 1 aliphatic rings. The number of nitrogens with zero attached hydrogens (tertiary/aromatic N) is 2. The van der Waals surface area contributed by atoms with Crippen LogP contribution in [0.1, 0.15) is 41.7 Å². The Balaban J connectivity index is 0.00000341. The summed E-state index contributed by atoms with van der Waals surface area (Å²) < 4.78 is 13.7. The first-order chi connectivity index (χ1) is 14.6. The quantitative estimate of drug-likeness (QED) is 0.217. The summed E-state index contributed by atoms with van der Waals surface area (Å²) in [6.07, 6.45) is 2.50. The molecular weight excluding hydrogens is 508 g/mol. The van der Waals surface area contributed by atoms with Gasteiger partial charge in [0.2, 0.25) is 0 Å². The van der Waals surface area contributed by atoms with Crippen molar-refractivity contribution in [3.8, 4) is 0 Å². The van der Waals surface area contributed by atoms with E-state index in [0.717, 1.165) is 13.1 Å². The lowest BCUT2D eigenvalue weighted by Crippen LogP contribution is -2.42. The van der Waals surface area contributed by atoms with Crippen LogP contribution in [0.25, 0.3) is 0 Å². The van der Waals surface area contributed by atoms with Gasteiger partial charge in [-0.05, 0) is 49.6 Å². The van der Waals surface area contributed by atoms with Gasteiger partial charge in [-0.15, -0.1) is 24.0 Å². The van der Waals surface area contributed by atoms with Gasteiger partial charge in [-0.25, -0.2) is 4.39 Å². The molecule has 8 heteroatoms. The molecule has 0 aliphatic carbocycles. The molecule has 1 atom stereocenters. The highest BCUT2D eigenvalue weighted by Crippen LogP contribution is 2.23. The van der Waals surface area contributed by atoms with E-state index in [1.54, 1.807) is 19.2 Å². The van der Waals surface area contributed by atoms with E-state index in [9.17, 15) is 9.18 Å². The smallest absolute Gasteiger partial charge is 0.254 e. The topological polar surface area (TPSA) is 68.8 Å². The first kappa shape index (κ1) is 24.9. The minimum Gasteiger partial charge on any atom is -0.372 e. The minimum absolute atomic E-state index is 0.